The smallest absolute Gasteiger partial charge is 0.150 e. The number of anilines is 2. The zero-order valence-electron chi connectivity index (χ0n) is 7.41. The van der Waals surface area contributed by atoms with E-state index in [2.05, 4.69) is 29.1 Å². The van der Waals surface area contributed by atoms with E-state index in [1.807, 2.05) is 0 Å². The number of nitrogens with two attached hydrogens (primary N) is 1. The standard InChI is InChI=1S/C8H14N4/c1-6(2)3-11-7-4-10-5-12-8(7)9/h4-6,11H,3H2,1-2H3,(H2,9,10,12). The Bertz CT molecular complexity index is 247. The van der Waals surface area contributed by atoms with E-state index >= 15 is 0 Å². The molecule has 1 heterocycles. The molecule has 3 N–H and O–H groups in total. The van der Waals surface area contributed by atoms with E-state index < -0.39 is 0 Å². The van der Waals surface area contributed by atoms with E-state index in [-0.39, 0.29) is 0 Å². The summed E-state index contributed by atoms with van der Waals surface area (Å²) in [5.74, 6) is 1.09. The van der Waals surface area contributed by atoms with Crippen LogP contribution in [0.15, 0.2) is 12.5 Å². The van der Waals surface area contributed by atoms with E-state index in [0.29, 0.717) is 11.7 Å². The molecule has 0 aliphatic heterocycles. The molecule has 0 aliphatic carbocycles. The second-order valence-corrected chi connectivity index (χ2v) is 3.10. The Morgan fingerprint density at radius 2 is 2.33 bits per heavy atom. The van der Waals surface area contributed by atoms with Gasteiger partial charge in [-0.05, 0) is 5.92 Å². The SMILES string of the molecule is CC(C)CNc1cncnc1N. The monoisotopic (exact) mass is 166 g/mol. The molecule has 0 unspecified atom stereocenters. The molecule has 0 aliphatic rings. The summed E-state index contributed by atoms with van der Waals surface area (Å²) in [5.41, 5.74) is 6.40. The van der Waals surface area contributed by atoms with Gasteiger partial charge in [0.2, 0.25) is 0 Å². The summed E-state index contributed by atoms with van der Waals surface area (Å²) in [6.07, 6.45) is 3.13. The molecule has 1 aromatic rings. The predicted molar refractivity (Wildman–Crippen MR) is 49.8 cm³/mol. The summed E-state index contributed by atoms with van der Waals surface area (Å²) in [6, 6.07) is 0. The molecule has 0 spiro atoms. The fourth-order valence-corrected chi connectivity index (χ4v) is 0.789. The van der Waals surface area contributed by atoms with Crippen LogP contribution in [0.5, 0.6) is 0 Å². The zero-order valence-corrected chi connectivity index (χ0v) is 7.41. The number of aromatic nitrogens is 2. The Balaban J connectivity index is 2.57. The molecule has 4 heteroatoms. The van der Waals surface area contributed by atoms with Crippen LogP contribution in [0.4, 0.5) is 11.5 Å². The molecule has 12 heavy (non-hydrogen) atoms. The normalized spacial score (nSPS) is 10.2. The molecule has 0 saturated carbocycles. The van der Waals surface area contributed by atoms with Gasteiger partial charge >= 0.3 is 0 Å². The fraction of sp³-hybridized carbons (Fsp3) is 0.500. The summed E-state index contributed by atoms with van der Waals surface area (Å²) in [4.78, 5) is 7.73. The Labute approximate surface area is 72.2 Å². The van der Waals surface area contributed by atoms with Crippen molar-refractivity contribution in [2.45, 2.75) is 13.8 Å². The quantitative estimate of drug-likeness (QED) is 0.706. The van der Waals surface area contributed by atoms with E-state index in [4.69, 9.17) is 5.73 Å². The highest BCUT2D eigenvalue weighted by molar-refractivity contribution is 5.59. The van der Waals surface area contributed by atoms with Crippen LogP contribution in [0, 0.1) is 5.92 Å². The molecule has 66 valence electrons. The van der Waals surface area contributed by atoms with Gasteiger partial charge in [0.05, 0.1) is 11.9 Å². The summed E-state index contributed by atoms with van der Waals surface area (Å²) in [6.45, 7) is 5.15. The van der Waals surface area contributed by atoms with Crippen molar-refractivity contribution in [2.75, 3.05) is 17.6 Å². The molecule has 0 saturated heterocycles. The van der Waals surface area contributed by atoms with Gasteiger partial charge in [0, 0.05) is 6.54 Å². The second-order valence-electron chi connectivity index (χ2n) is 3.10. The highest BCUT2D eigenvalue weighted by atomic mass is 15.0. The molecule has 4 nitrogen and oxygen atoms in total. The third-order valence-electron chi connectivity index (χ3n) is 1.44. The molecule has 1 aromatic heterocycles. The highest BCUT2D eigenvalue weighted by Crippen LogP contribution is 2.11. The number of rotatable bonds is 3. The predicted octanol–water partition coefficient (Wildman–Crippen LogP) is 1.13. The number of hydrogen-bond donors (Lipinski definition) is 2. The summed E-state index contributed by atoms with van der Waals surface area (Å²) < 4.78 is 0. The number of nitrogens with zero attached hydrogens (tertiary/aromatic N) is 2. The van der Waals surface area contributed by atoms with Crippen LogP contribution >= 0.6 is 0 Å². The molecule has 1 rings (SSSR count). The average molecular weight is 166 g/mol. The molecule has 0 radical (unpaired) electrons. The minimum atomic E-state index is 0.505. The number of nitrogens with one attached hydrogen (secondary N) is 1. The molecule has 0 bridgehead atoms. The van der Waals surface area contributed by atoms with E-state index in [0.717, 1.165) is 12.2 Å². The maximum absolute atomic E-state index is 5.59. The Hall–Kier alpha value is -1.32. The third kappa shape index (κ3) is 2.38. The van der Waals surface area contributed by atoms with Crippen molar-refractivity contribution in [3.05, 3.63) is 12.5 Å². The lowest BCUT2D eigenvalue weighted by atomic mass is 10.2. The number of nitrogen functional groups attached to an aromatic ring is 1. The Morgan fingerprint density at radius 3 is 2.92 bits per heavy atom. The summed E-state index contributed by atoms with van der Waals surface area (Å²) >= 11 is 0. The van der Waals surface area contributed by atoms with Crippen molar-refractivity contribution in [1.82, 2.24) is 9.97 Å². The van der Waals surface area contributed by atoms with Crippen molar-refractivity contribution >= 4 is 11.5 Å². The molecule has 0 fully saturated rings. The van der Waals surface area contributed by atoms with Crippen LogP contribution in [-0.2, 0) is 0 Å². The van der Waals surface area contributed by atoms with Crippen LogP contribution in [0.3, 0.4) is 0 Å². The van der Waals surface area contributed by atoms with E-state index in [9.17, 15) is 0 Å². The largest absolute Gasteiger partial charge is 0.382 e. The molecular weight excluding hydrogens is 152 g/mol. The van der Waals surface area contributed by atoms with Crippen LogP contribution in [0.1, 0.15) is 13.8 Å². The van der Waals surface area contributed by atoms with Gasteiger partial charge in [0.1, 0.15) is 12.1 Å². The van der Waals surface area contributed by atoms with Gasteiger partial charge in [-0.2, -0.15) is 0 Å². The summed E-state index contributed by atoms with van der Waals surface area (Å²) in [7, 11) is 0. The van der Waals surface area contributed by atoms with Gasteiger partial charge in [0.25, 0.3) is 0 Å². The minimum Gasteiger partial charge on any atom is -0.382 e. The van der Waals surface area contributed by atoms with Gasteiger partial charge in [-0.25, -0.2) is 9.97 Å². The lowest BCUT2D eigenvalue weighted by molar-refractivity contribution is 0.688. The van der Waals surface area contributed by atoms with E-state index in [1.54, 1.807) is 6.20 Å². The minimum absolute atomic E-state index is 0.505. The zero-order chi connectivity index (χ0) is 8.97. The lowest BCUT2D eigenvalue weighted by Gasteiger charge is -2.09. The van der Waals surface area contributed by atoms with Gasteiger partial charge in [-0.15, -0.1) is 0 Å². The van der Waals surface area contributed by atoms with Crippen molar-refractivity contribution in [3.63, 3.8) is 0 Å². The molecule has 0 atom stereocenters. The fourth-order valence-electron chi connectivity index (χ4n) is 0.789. The highest BCUT2D eigenvalue weighted by Gasteiger charge is 1.99. The average Bonchev–Trinajstić information content (AvgIpc) is 2.03. The van der Waals surface area contributed by atoms with Gasteiger partial charge < -0.3 is 11.1 Å². The van der Waals surface area contributed by atoms with Crippen LogP contribution in [0.25, 0.3) is 0 Å². The van der Waals surface area contributed by atoms with Crippen molar-refractivity contribution in [3.8, 4) is 0 Å². The topological polar surface area (TPSA) is 63.8 Å². The van der Waals surface area contributed by atoms with Crippen LogP contribution in [-0.4, -0.2) is 16.5 Å². The van der Waals surface area contributed by atoms with Crippen LogP contribution < -0.4 is 11.1 Å². The number of hydrogen-bond acceptors (Lipinski definition) is 4. The van der Waals surface area contributed by atoms with Crippen molar-refractivity contribution < 1.29 is 0 Å². The Morgan fingerprint density at radius 1 is 1.58 bits per heavy atom. The first-order chi connectivity index (χ1) is 5.70. The second kappa shape index (κ2) is 3.90. The van der Waals surface area contributed by atoms with Crippen LogP contribution in [0.2, 0.25) is 0 Å². The van der Waals surface area contributed by atoms with Crippen molar-refractivity contribution in [2.24, 2.45) is 5.92 Å². The first kappa shape index (κ1) is 8.77. The van der Waals surface area contributed by atoms with Gasteiger partial charge in [0.15, 0.2) is 0 Å². The lowest BCUT2D eigenvalue weighted by Crippen LogP contribution is -2.10. The van der Waals surface area contributed by atoms with Gasteiger partial charge in [-0.1, -0.05) is 13.8 Å². The van der Waals surface area contributed by atoms with Crippen molar-refractivity contribution in [1.29, 1.82) is 0 Å². The molecule has 0 amide bonds. The molecular formula is C8H14N4. The maximum Gasteiger partial charge on any atom is 0.150 e. The Kier molecular flexibility index (Phi) is 2.85. The summed E-state index contributed by atoms with van der Waals surface area (Å²) in [5, 5.41) is 3.16. The maximum atomic E-state index is 5.59. The molecule has 0 aromatic carbocycles. The first-order valence-electron chi connectivity index (χ1n) is 3.99. The third-order valence-corrected chi connectivity index (χ3v) is 1.44. The van der Waals surface area contributed by atoms with Gasteiger partial charge in [-0.3, -0.25) is 0 Å². The first-order valence-corrected chi connectivity index (χ1v) is 3.99. The van der Waals surface area contributed by atoms with E-state index in [1.165, 1.54) is 6.33 Å².